The molecular formula is C34H38BrN5O6. The molecule has 1 N–H and O–H groups in total. The maximum absolute atomic E-state index is 12.7. The Balaban J connectivity index is 1.34. The zero-order valence-corrected chi connectivity index (χ0v) is 28.4. The summed E-state index contributed by atoms with van der Waals surface area (Å²) in [5, 5.41) is 8.89. The first-order valence-electron chi connectivity index (χ1n) is 15.1. The van der Waals surface area contributed by atoms with E-state index in [9.17, 15) is 9.59 Å². The molecule has 2 amide bonds. The summed E-state index contributed by atoms with van der Waals surface area (Å²) >= 11 is 3.49. The molecule has 1 saturated heterocycles. The largest absolute Gasteiger partial charge is 0.489 e. The third-order valence-corrected chi connectivity index (χ3v) is 7.31. The minimum atomic E-state index is -0.840. The molecule has 46 heavy (non-hydrogen) atoms. The number of ether oxygens (including phenoxy) is 3. The lowest BCUT2D eigenvalue weighted by Crippen LogP contribution is -2.46. The van der Waals surface area contributed by atoms with Crippen LogP contribution in [-0.2, 0) is 16.1 Å². The van der Waals surface area contributed by atoms with Gasteiger partial charge in [-0.3, -0.25) is 5.32 Å². The number of rotatable bonds is 5. The first-order valence-corrected chi connectivity index (χ1v) is 15.9. The Morgan fingerprint density at radius 3 is 2.48 bits per heavy atom. The van der Waals surface area contributed by atoms with E-state index in [-0.39, 0.29) is 5.96 Å². The van der Waals surface area contributed by atoms with Crippen molar-refractivity contribution in [1.82, 2.24) is 20.4 Å². The molecule has 0 aliphatic carbocycles. The fraction of sp³-hybridized carbons (Fsp3) is 0.382. The quantitative estimate of drug-likeness (QED) is 0.163. The smallest absolute Gasteiger partial charge is 0.437 e. The fourth-order valence-corrected chi connectivity index (χ4v) is 5.39. The summed E-state index contributed by atoms with van der Waals surface area (Å²) in [6.07, 6.45) is -0.197. The highest BCUT2D eigenvalue weighted by atomic mass is 79.9. The minimum Gasteiger partial charge on any atom is -0.489 e. The molecule has 2 heterocycles. The number of aromatic nitrogens is 2. The fourth-order valence-electron chi connectivity index (χ4n) is 4.94. The van der Waals surface area contributed by atoms with Gasteiger partial charge in [-0.25, -0.2) is 9.59 Å². The number of aliphatic imine (C=N–C) groups is 1. The highest BCUT2D eigenvalue weighted by Crippen LogP contribution is 2.33. The van der Waals surface area contributed by atoms with Crippen molar-refractivity contribution in [2.24, 2.45) is 4.99 Å². The zero-order chi connectivity index (χ0) is 33.1. The van der Waals surface area contributed by atoms with Crippen molar-refractivity contribution in [2.75, 3.05) is 6.54 Å². The number of guanidine groups is 1. The number of amides is 2. The number of nitrogens with zero attached hydrogens (tertiary/aromatic N) is 4. The van der Waals surface area contributed by atoms with Crippen molar-refractivity contribution in [3.05, 3.63) is 76.6 Å². The number of fused-ring (bicyclic) bond motifs is 1. The Bertz CT molecular complexity index is 1760. The van der Waals surface area contributed by atoms with Crippen LogP contribution in [0.3, 0.4) is 0 Å². The number of likely N-dealkylation sites (tertiary alicyclic amines) is 1. The van der Waals surface area contributed by atoms with Gasteiger partial charge in [0.15, 0.2) is 0 Å². The Labute approximate surface area is 276 Å². The highest BCUT2D eigenvalue weighted by molar-refractivity contribution is 9.10. The molecule has 0 radical (unpaired) electrons. The SMILES string of the molecule is CC(C)(C)OC(=O)N=C(NC(=O)OC(C)(C)C)N1CCCC1c1nc(-c2ccc3cc(OCc4cccc(Br)c4)ccc3c2)no1. The van der Waals surface area contributed by atoms with Gasteiger partial charge >= 0.3 is 12.2 Å². The Morgan fingerprint density at radius 2 is 1.74 bits per heavy atom. The maximum atomic E-state index is 12.7. The van der Waals surface area contributed by atoms with Gasteiger partial charge in [-0.05, 0) is 101 Å². The van der Waals surface area contributed by atoms with Crippen LogP contribution in [0.5, 0.6) is 5.75 Å². The van der Waals surface area contributed by atoms with Gasteiger partial charge in [-0.1, -0.05) is 51.4 Å². The molecular weight excluding hydrogens is 654 g/mol. The van der Waals surface area contributed by atoms with E-state index in [1.54, 1.807) is 46.4 Å². The van der Waals surface area contributed by atoms with Gasteiger partial charge in [0, 0.05) is 16.6 Å². The van der Waals surface area contributed by atoms with Gasteiger partial charge in [0.05, 0.1) is 0 Å². The van der Waals surface area contributed by atoms with Crippen molar-refractivity contribution in [3.63, 3.8) is 0 Å². The monoisotopic (exact) mass is 691 g/mol. The molecule has 0 spiro atoms. The molecule has 12 heteroatoms. The van der Waals surface area contributed by atoms with E-state index in [2.05, 4.69) is 31.4 Å². The second kappa shape index (κ2) is 13.5. The van der Waals surface area contributed by atoms with Crippen LogP contribution >= 0.6 is 15.9 Å². The maximum Gasteiger partial charge on any atom is 0.437 e. The Morgan fingerprint density at radius 1 is 1.00 bits per heavy atom. The number of benzene rings is 3. The highest BCUT2D eigenvalue weighted by Gasteiger charge is 2.35. The van der Waals surface area contributed by atoms with Crippen molar-refractivity contribution in [2.45, 2.75) is 78.2 Å². The van der Waals surface area contributed by atoms with E-state index in [1.807, 2.05) is 60.7 Å². The molecule has 5 rings (SSSR count). The van der Waals surface area contributed by atoms with Crippen molar-refractivity contribution >= 4 is 44.8 Å². The number of carbonyl (C=O) groups excluding carboxylic acids is 2. The van der Waals surface area contributed by atoms with Gasteiger partial charge in [0.1, 0.15) is 29.6 Å². The summed E-state index contributed by atoms with van der Waals surface area (Å²) in [6.45, 7) is 11.4. The zero-order valence-electron chi connectivity index (χ0n) is 26.8. The average Bonchev–Trinajstić information content (AvgIpc) is 3.64. The molecule has 11 nitrogen and oxygen atoms in total. The standard InChI is InChI=1S/C34H38BrN5O6/c1-33(2,3)44-31(41)37-30(38-32(42)45-34(4,5)6)40-16-8-11-27(40)29-36-28(39-46-29)24-13-12-23-19-26(15-14-22(23)18-24)43-20-21-9-7-10-25(35)17-21/h7,9-10,12-15,17-19,27H,8,11,16,20H2,1-6H3,(H,37,38,41,42). The molecule has 0 saturated carbocycles. The average molecular weight is 693 g/mol. The molecule has 4 aromatic rings. The van der Waals surface area contributed by atoms with E-state index in [1.165, 1.54) is 0 Å². The van der Waals surface area contributed by atoms with Crippen LogP contribution < -0.4 is 10.1 Å². The summed E-state index contributed by atoms with van der Waals surface area (Å²) in [5.41, 5.74) is 0.338. The number of hydrogen-bond donors (Lipinski definition) is 1. The summed E-state index contributed by atoms with van der Waals surface area (Å²) in [4.78, 5) is 35.9. The van der Waals surface area contributed by atoms with Gasteiger partial charge in [-0.15, -0.1) is 4.99 Å². The van der Waals surface area contributed by atoms with E-state index in [0.717, 1.165) is 38.5 Å². The molecule has 1 aliphatic rings. The number of nitrogens with one attached hydrogen (secondary N) is 1. The van der Waals surface area contributed by atoms with E-state index in [4.69, 9.17) is 23.7 Å². The predicted octanol–water partition coefficient (Wildman–Crippen LogP) is 8.18. The molecule has 3 aromatic carbocycles. The molecule has 1 atom stereocenters. The van der Waals surface area contributed by atoms with Crippen molar-refractivity contribution in [1.29, 1.82) is 0 Å². The topological polar surface area (TPSA) is 128 Å². The summed E-state index contributed by atoms with van der Waals surface area (Å²) in [5.74, 6) is 1.53. The Kier molecular flexibility index (Phi) is 9.66. The van der Waals surface area contributed by atoms with E-state index in [0.29, 0.717) is 31.3 Å². The lowest BCUT2D eigenvalue weighted by molar-refractivity contribution is 0.0553. The molecule has 1 unspecified atom stereocenters. The van der Waals surface area contributed by atoms with Crippen molar-refractivity contribution in [3.8, 4) is 17.1 Å². The van der Waals surface area contributed by atoms with Gasteiger partial charge in [0.25, 0.3) is 0 Å². The van der Waals surface area contributed by atoms with Gasteiger partial charge in [-0.2, -0.15) is 4.98 Å². The van der Waals surface area contributed by atoms with Crippen molar-refractivity contribution < 1.29 is 28.3 Å². The first-order chi connectivity index (χ1) is 21.7. The van der Waals surface area contributed by atoms with Crippen LogP contribution in [0.25, 0.3) is 22.2 Å². The predicted molar refractivity (Wildman–Crippen MR) is 177 cm³/mol. The summed E-state index contributed by atoms with van der Waals surface area (Å²) in [6, 6.07) is 19.4. The second-order valence-electron chi connectivity index (χ2n) is 13.0. The normalized spacial score (nSPS) is 15.6. The molecule has 1 aliphatic heterocycles. The van der Waals surface area contributed by atoms with Gasteiger partial charge in [0.2, 0.25) is 17.7 Å². The van der Waals surface area contributed by atoms with Crippen LogP contribution in [0.15, 0.2) is 74.7 Å². The molecule has 1 aromatic heterocycles. The summed E-state index contributed by atoms with van der Waals surface area (Å²) in [7, 11) is 0. The summed E-state index contributed by atoms with van der Waals surface area (Å²) < 4.78 is 23.6. The number of alkyl carbamates (subject to hydrolysis) is 1. The lowest BCUT2D eigenvalue weighted by atomic mass is 10.1. The molecule has 1 fully saturated rings. The molecule has 242 valence electrons. The third-order valence-electron chi connectivity index (χ3n) is 6.82. The lowest BCUT2D eigenvalue weighted by Gasteiger charge is -2.27. The van der Waals surface area contributed by atoms with Crippen LogP contribution in [0.2, 0.25) is 0 Å². The van der Waals surface area contributed by atoms with E-state index < -0.39 is 29.4 Å². The minimum absolute atomic E-state index is 0.00521. The van der Waals surface area contributed by atoms with Crippen LogP contribution in [0, 0.1) is 0 Å². The third kappa shape index (κ3) is 8.84. The molecule has 0 bridgehead atoms. The van der Waals surface area contributed by atoms with Crippen LogP contribution in [0.1, 0.15) is 71.9 Å². The first kappa shape index (κ1) is 32.9. The second-order valence-corrected chi connectivity index (χ2v) is 13.9. The van der Waals surface area contributed by atoms with Crippen LogP contribution in [-0.4, -0.2) is 50.9 Å². The van der Waals surface area contributed by atoms with E-state index >= 15 is 0 Å². The van der Waals surface area contributed by atoms with Crippen LogP contribution in [0.4, 0.5) is 9.59 Å². The number of hydrogen-bond acceptors (Lipinski definition) is 8. The van der Waals surface area contributed by atoms with Gasteiger partial charge < -0.3 is 23.6 Å². The Hall–Kier alpha value is -4.45. The number of halogens is 1. The number of carbonyl (C=O) groups is 2.